The highest BCUT2D eigenvalue weighted by Gasteiger charge is 2.49. The van der Waals surface area contributed by atoms with Crippen molar-refractivity contribution in [1.82, 2.24) is 5.32 Å². The van der Waals surface area contributed by atoms with Crippen LogP contribution in [0.15, 0.2) is 35.1 Å². The molecule has 7 nitrogen and oxygen atoms in total. The number of aliphatic hydroxyl groups excluding tert-OH is 1. The van der Waals surface area contributed by atoms with Crippen molar-refractivity contribution in [3.63, 3.8) is 0 Å². The Morgan fingerprint density at radius 3 is 2.47 bits per heavy atom. The predicted molar refractivity (Wildman–Crippen MR) is 120 cm³/mol. The number of allylic oxidation sites excluding steroid dienone is 5. The van der Waals surface area contributed by atoms with E-state index in [1.165, 1.54) is 0 Å². The number of ketones is 1. The Labute approximate surface area is 189 Å². The second kappa shape index (κ2) is 8.85. The number of Topliss-reactive ketones (excluding diaryl/α,β-unsaturated/α-hetero) is 1. The fourth-order valence-corrected chi connectivity index (χ4v) is 5.98. The standard InChI is InChI=1S/C25H35NO6/c1-6-13(3)16-8-7-15-10-12(2)9-14(4)18(15)19(16)22(28)20-21(27)17(26-23(20)29)11-25(5,32)24(30)31/h6-8,12,14-19,28,32H,9-11H2,1-5H3,(H,26,29)(H,30,31)/b13-6+,22-20?/t12-,14+,15-,16+,17-,18+,19-,25+/m1/s1. The second-order valence-electron chi connectivity index (χ2n) is 10.2. The molecule has 0 unspecified atom stereocenters. The van der Waals surface area contributed by atoms with E-state index in [1.54, 1.807) is 0 Å². The quantitative estimate of drug-likeness (QED) is 0.223. The maximum absolute atomic E-state index is 13.1. The number of amides is 1. The molecule has 1 aliphatic heterocycles. The molecule has 0 spiro atoms. The maximum atomic E-state index is 13.1. The first-order chi connectivity index (χ1) is 14.9. The Bertz CT molecular complexity index is 898. The molecule has 0 aromatic heterocycles. The number of fused-ring (bicyclic) bond motifs is 1. The van der Waals surface area contributed by atoms with Crippen LogP contribution in [-0.2, 0) is 14.4 Å². The van der Waals surface area contributed by atoms with Crippen LogP contribution in [0.4, 0.5) is 0 Å². The van der Waals surface area contributed by atoms with Crippen LogP contribution in [0.1, 0.15) is 53.9 Å². The number of hydrogen-bond acceptors (Lipinski definition) is 5. The first kappa shape index (κ1) is 24.2. The summed E-state index contributed by atoms with van der Waals surface area (Å²) in [6.45, 7) is 9.40. The molecule has 3 rings (SSSR count). The summed E-state index contributed by atoms with van der Waals surface area (Å²) < 4.78 is 0. The van der Waals surface area contributed by atoms with Crippen LogP contribution in [0.25, 0.3) is 0 Å². The number of carboxylic acid groups (broad SMARTS) is 1. The fourth-order valence-electron chi connectivity index (χ4n) is 5.98. The highest BCUT2D eigenvalue weighted by atomic mass is 16.4. The molecule has 176 valence electrons. The average molecular weight is 446 g/mol. The topological polar surface area (TPSA) is 124 Å². The third-order valence-corrected chi connectivity index (χ3v) is 7.68. The zero-order valence-corrected chi connectivity index (χ0v) is 19.5. The number of aliphatic hydroxyl groups is 2. The monoisotopic (exact) mass is 445 g/mol. The van der Waals surface area contributed by atoms with E-state index in [0.717, 1.165) is 25.3 Å². The van der Waals surface area contributed by atoms with Gasteiger partial charge in [-0.15, -0.1) is 0 Å². The van der Waals surface area contributed by atoms with Crippen molar-refractivity contribution in [3.8, 4) is 0 Å². The largest absolute Gasteiger partial charge is 0.511 e. The summed E-state index contributed by atoms with van der Waals surface area (Å²) >= 11 is 0. The van der Waals surface area contributed by atoms with Gasteiger partial charge < -0.3 is 20.6 Å². The molecule has 32 heavy (non-hydrogen) atoms. The lowest BCUT2D eigenvalue weighted by atomic mass is 9.57. The Kier molecular flexibility index (Phi) is 6.70. The van der Waals surface area contributed by atoms with E-state index in [4.69, 9.17) is 0 Å². The van der Waals surface area contributed by atoms with Gasteiger partial charge in [0.05, 0.1) is 6.04 Å². The van der Waals surface area contributed by atoms with Crippen LogP contribution < -0.4 is 5.32 Å². The highest BCUT2D eigenvalue weighted by Crippen LogP contribution is 2.51. The van der Waals surface area contributed by atoms with E-state index in [-0.39, 0.29) is 29.1 Å². The van der Waals surface area contributed by atoms with Gasteiger partial charge in [-0.2, -0.15) is 0 Å². The normalized spacial score (nSPS) is 38.7. The Balaban J connectivity index is 2.04. The number of rotatable bonds is 5. The van der Waals surface area contributed by atoms with Crippen LogP contribution in [0.3, 0.4) is 0 Å². The van der Waals surface area contributed by atoms with E-state index in [2.05, 4.69) is 31.3 Å². The molecule has 4 N–H and O–H groups in total. The zero-order valence-electron chi connectivity index (χ0n) is 19.5. The number of hydrogen-bond donors (Lipinski definition) is 4. The fraction of sp³-hybridized carbons (Fsp3) is 0.640. The summed E-state index contributed by atoms with van der Waals surface area (Å²) in [7, 11) is 0. The summed E-state index contributed by atoms with van der Waals surface area (Å²) in [4.78, 5) is 37.1. The van der Waals surface area contributed by atoms with Gasteiger partial charge in [0.25, 0.3) is 5.91 Å². The van der Waals surface area contributed by atoms with Crippen molar-refractivity contribution in [2.24, 2.45) is 35.5 Å². The van der Waals surface area contributed by atoms with Crippen LogP contribution in [0.5, 0.6) is 0 Å². The maximum Gasteiger partial charge on any atom is 0.335 e. The van der Waals surface area contributed by atoms with Crippen molar-refractivity contribution >= 4 is 17.7 Å². The molecule has 1 saturated heterocycles. The van der Waals surface area contributed by atoms with E-state index < -0.39 is 41.6 Å². The number of nitrogens with one attached hydrogen (secondary N) is 1. The molecule has 2 aliphatic carbocycles. The molecule has 1 heterocycles. The number of carbonyl (C=O) groups is 3. The molecule has 2 fully saturated rings. The molecule has 7 heteroatoms. The van der Waals surface area contributed by atoms with Crippen LogP contribution in [0, 0.1) is 35.5 Å². The highest BCUT2D eigenvalue weighted by molar-refractivity contribution is 6.27. The Morgan fingerprint density at radius 1 is 1.22 bits per heavy atom. The first-order valence-electron chi connectivity index (χ1n) is 11.4. The lowest BCUT2D eigenvalue weighted by molar-refractivity contribution is -0.158. The van der Waals surface area contributed by atoms with Gasteiger partial charge in [0, 0.05) is 18.3 Å². The van der Waals surface area contributed by atoms with Gasteiger partial charge in [0.1, 0.15) is 11.3 Å². The zero-order chi connectivity index (χ0) is 24.0. The first-order valence-corrected chi connectivity index (χ1v) is 11.4. The SMILES string of the molecule is C/C=C(\C)[C@@H]1C=C[C@@H]2C[C@H](C)C[C@H](C)[C@@H]2[C@@H]1C(O)=C1C(=O)N[C@H](C[C@](C)(O)C(=O)O)C1=O. The molecule has 3 aliphatic rings. The lowest BCUT2D eigenvalue weighted by Gasteiger charge is -2.47. The van der Waals surface area contributed by atoms with Crippen LogP contribution >= 0.6 is 0 Å². The summed E-state index contributed by atoms with van der Waals surface area (Å²) in [5, 5.41) is 33.2. The molecule has 1 amide bonds. The summed E-state index contributed by atoms with van der Waals surface area (Å²) in [5.41, 5.74) is -1.41. The third kappa shape index (κ3) is 4.27. The molecule has 0 radical (unpaired) electrons. The number of aliphatic carboxylic acids is 1. The molecule has 1 saturated carbocycles. The van der Waals surface area contributed by atoms with Crippen LogP contribution in [-0.4, -0.2) is 44.6 Å². The van der Waals surface area contributed by atoms with Crippen molar-refractivity contribution in [3.05, 3.63) is 35.1 Å². The number of carboxylic acids is 1. The minimum Gasteiger partial charge on any atom is -0.511 e. The Morgan fingerprint density at radius 2 is 1.88 bits per heavy atom. The van der Waals surface area contributed by atoms with E-state index in [1.807, 2.05) is 19.9 Å². The van der Waals surface area contributed by atoms with Crippen molar-refractivity contribution in [2.45, 2.75) is 65.5 Å². The minimum absolute atomic E-state index is 0.0883. The lowest BCUT2D eigenvalue weighted by Crippen LogP contribution is -2.43. The van der Waals surface area contributed by atoms with Gasteiger partial charge in [0.15, 0.2) is 11.4 Å². The molecule has 8 atom stereocenters. The van der Waals surface area contributed by atoms with Gasteiger partial charge in [-0.05, 0) is 57.3 Å². The van der Waals surface area contributed by atoms with E-state index in [0.29, 0.717) is 11.8 Å². The summed E-state index contributed by atoms with van der Waals surface area (Å²) in [6, 6.07) is -1.19. The summed E-state index contributed by atoms with van der Waals surface area (Å²) in [6.07, 6.45) is 7.85. The third-order valence-electron chi connectivity index (χ3n) is 7.68. The van der Waals surface area contributed by atoms with E-state index in [9.17, 15) is 29.7 Å². The average Bonchev–Trinajstić information content (AvgIpc) is 2.98. The second-order valence-corrected chi connectivity index (χ2v) is 10.2. The minimum atomic E-state index is -2.17. The van der Waals surface area contributed by atoms with Crippen molar-refractivity contribution in [2.75, 3.05) is 0 Å². The van der Waals surface area contributed by atoms with E-state index >= 15 is 0 Å². The summed E-state index contributed by atoms with van der Waals surface area (Å²) in [5.74, 6) is -2.39. The van der Waals surface area contributed by atoms with Gasteiger partial charge in [-0.3, -0.25) is 9.59 Å². The van der Waals surface area contributed by atoms with Crippen LogP contribution in [0.2, 0.25) is 0 Å². The predicted octanol–water partition coefficient (Wildman–Crippen LogP) is 3.16. The van der Waals surface area contributed by atoms with Gasteiger partial charge in [0.2, 0.25) is 0 Å². The molecular formula is C25H35NO6. The molecule has 0 bridgehead atoms. The van der Waals surface area contributed by atoms with Gasteiger partial charge in [-0.1, -0.05) is 37.6 Å². The smallest absolute Gasteiger partial charge is 0.335 e. The van der Waals surface area contributed by atoms with Crippen molar-refractivity contribution < 1.29 is 29.7 Å². The van der Waals surface area contributed by atoms with Crippen molar-refractivity contribution in [1.29, 1.82) is 0 Å². The molecule has 0 aromatic rings. The van der Waals surface area contributed by atoms with Gasteiger partial charge >= 0.3 is 5.97 Å². The number of carbonyl (C=O) groups excluding carboxylic acids is 2. The Hall–Kier alpha value is -2.41. The molecular weight excluding hydrogens is 410 g/mol. The van der Waals surface area contributed by atoms with Gasteiger partial charge in [-0.25, -0.2) is 4.79 Å². The molecule has 0 aromatic carbocycles.